The van der Waals surface area contributed by atoms with Crippen molar-refractivity contribution in [2.24, 2.45) is 5.92 Å². The van der Waals surface area contributed by atoms with Crippen molar-refractivity contribution in [3.05, 3.63) is 30.3 Å². The molecule has 0 unspecified atom stereocenters. The Morgan fingerprint density at radius 2 is 1.70 bits per heavy atom. The van der Waals surface area contributed by atoms with Crippen molar-refractivity contribution in [2.75, 3.05) is 20.3 Å². The molecule has 0 saturated heterocycles. The van der Waals surface area contributed by atoms with Gasteiger partial charge in [-0.1, -0.05) is 32.0 Å². The maximum absolute atomic E-state index is 12.0. The number of carbonyl (C=O) groups excluding carboxylic acids is 3. The molecule has 1 rings (SSSR count). The van der Waals surface area contributed by atoms with Crippen LogP contribution in [0, 0.1) is 5.92 Å². The summed E-state index contributed by atoms with van der Waals surface area (Å²) in [7, 11) is 1.44. The van der Waals surface area contributed by atoms with Crippen LogP contribution in [0.1, 0.15) is 13.8 Å². The molecule has 0 spiro atoms. The van der Waals surface area contributed by atoms with E-state index in [1.54, 1.807) is 38.1 Å². The number of likely N-dealkylation sites (N-methyl/N-ethyl adjacent to an activating group) is 1. The highest BCUT2D eigenvalue weighted by Gasteiger charge is 2.26. The Balaban J connectivity index is 2.49. The number of hydrogen-bond donors (Lipinski definition) is 2. The quantitative estimate of drug-likeness (QED) is 0.680. The van der Waals surface area contributed by atoms with E-state index in [0.717, 1.165) is 0 Å². The number of benzene rings is 1. The fraction of sp³-hybridized carbons (Fsp3) is 0.438. The maximum Gasteiger partial charge on any atom is 0.329 e. The van der Waals surface area contributed by atoms with Gasteiger partial charge in [0.15, 0.2) is 13.2 Å². The third kappa shape index (κ3) is 6.82. The Bertz CT molecular complexity index is 531. The van der Waals surface area contributed by atoms with E-state index >= 15 is 0 Å². The van der Waals surface area contributed by atoms with E-state index in [4.69, 9.17) is 9.47 Å². The lowest BCUT2D eigenvalue weighted by Gasteiger charge is -2.20. The lowest BCUT2D eigenvalue weighted by Crippen LogP contribution is -2.47. The van der Waals surface area contributed by atoms with Crippen LogP contribution in [0.15, 0.2) is 30.3 Å². The van der Waals surface area contributed by atoms with Gasteiger partial charge >= 0.3 is 5.97 Å². The van der Waals surface area contributed by atoms with Crippen LogP contribution in [0.4, 0.5) is 0 Å². The Hall–Kier alpha value is -2.57. The minimum atomic E-state index is -0.841. The molecule has 0 aliphatic heterocycles. The van der Waals surface area contributed by atoms with Crippen molar-refractivity contribution in [1.82, 2.24) is 10.6 Å². The summed E-state index contributed by atoms with van der Waals surface area (Å²) in [4.78, 5) is 35.0. The van der Waals surface area contributed by atoms with Crippen molar-refractivity contribution in [3.63, 3.8) is 0 Å². The van der Waals surface area contributed by atoms with E-state index in [1.807, 2.05) is 6.07 Å². The Morgan fingerprint density at radius 1 is 1.04 bits per heavy atom. The first-order valence-electron chi connectivity index (χ1n) is 7.28. The van der Waals surface area contributed by atoms with Gasteiger partial charge < -0.3 is 20.1 Å². The topological polar surface area (TPSA) is 93.7 Å². The summed E-state index contributed by atoms with van der Waals surface area (Å²) >= 11 is 0. The van der Waals surface area contributed by atoms with Crippen molar-refractivity contribution in [2.45, 2.75) is 19.9 Å². The molecule has 126 valence electrons. The number of hydrogen-bond acceptors (Lipinski definition) is 5. The SMILES string of the molecule is CNC(=O)COC(=O)[C@@H](NC(=O)COc1ccccc1)C(C)C. The van der Waals surface area contributed by atoms with Crippen molar-refractivity contribution in [1.29, 1.82) is 0 Å². The fourth-order valence-electron chi connectivity index (χ4n) is 1.68. The molecule has 1 aromatic carbocycles. The third-order valence-corrected chi connectivity index (χ3v) is 2.97. The second-order valence-electron chi connectivity index (χ2n) is 5.17. The predicted octanol–water partition coefficient (Wildman–Crippen LogP) is 0.495. The first-order valence-corrected chi connectivity index (χ1v) is 7.28. The second-order valence-corrected chi connectivity index (χ2v) is 5.17. The Kier molecular flexibility index (Phi) is 7.59. The first kappa shape index (κ1) is 18.5. The predicted molar refractivity (Wildman–Crippen MR) is 83.7 cm³/mol. The standard InChI is InChI=1S/C16H22N2O5/c1-11(2)15(16(21)23-9-13(19)17-3)18-14(20)10-22-12-7-5-4-6-8-12/h4-8,11,15H,9-10H2,1-3H3,(H,17,19)(H,18,20)/t15-/m0/s1. The van der Waals surface area contributed by atoms with Gasteiger partial charge in [-0.25, -0.2) is 4.79 Å². The van der Waals surface area contributed by atoms with Crippen LogP contribution in [0.25, 0.3) is 0 Å². The van der Waals surface area contributed by atoms with E-state index < -0.39 is 23.8 Å². The summed E-state index contributed by atoms with van der Waals surface area (Å²) in [5, 5.41) is 4.90. The van der Waals surface area contributed by atoms with Gasteiger partial charge in [-0.05, 0) is 18.1 Å². The van der Waals surface area contributed by atoms with Crippen LogP contribution >= 0.6 is 0 Å². The Morgan fingerprint density at radius 3 is 2.26 bits per heavy atom. The van der Waals surface area contributed by atoms with E-state index in [0.29, 0.717) is 5.75 Å². The number of carbonyl (C=O) groups is 3. The van der Waals surface area contributed by atoms with Gasteiger partial charge in [-0.2, -0.15) is 0 Å². The molecule has 0 fully saturated rings. The number of nitrogens with one attached hydrogen (secondary N) is 2. The highest BCUT2D eigenvalue weighted by atomic mass is 16.5. The van der Waals surface area contributed by atoms with E-state index in [2.05, 4.69) is 10.6 Å². The molecule has 0 heterocycles. The first-order chi connectivity index (χ1) is 10.9. The summed E-state index contributed by atoms with van der Waals surface area (Å²) in [5.74, 6) is -1.14. The molecule has 0 saturated carbocycles. The molecule has 2 amide bonds. The lowest BCUT2D eigenvalue weighted by molar-refractivity contribution is -0.152. The summed E-state index contributed by atoms with van der Waals surface area (Å²) in [5.41, 5.74) is 0. The molecule has 1 aromatic rings. The van der Waals surface area contributed by atoms with Crippen molar-refractivity contribution >= 4 is 17.8 Å². The van der Waals surface area contributed by atoms with Gasteiger partial charge in [0, 0.05) is 7.05 Å². The van der Waals surface area contributed by atoms with Crippen LogP contribution in [0.2, 0.25) is 0 Å². The molecule has 1 atom stereocenters. The van der Waals surface area contributed by atoms with Gasteiger partial charge in [-0.3, -0.25) is 9.59 Å². The number of amides is 2. The minimum Gasteiger partial charge on any atom is -0.484 e. The average Bonchev–Trinajstić information content (AvgIpc) is 2.55. The smallest absolute Gasteiger partial charge is 0.329 e. The number of ether oxygens (including phenoxy) is 2. The normalized spacial score (nSPS) is 11.5. The van der Waals surface area contributed by atoms with E-state index in [9.17, 15) is 14.4 Å². The summed E-state index contributed by atoms with van der Waals surface area (Å²) in [6, 6.07) is 8.03. The van der Waals surface area contributed by atoms with Gasteiger partial charge in [0.25, 0.3) is 11.8 Å². The molecular formula is C16H22N2O5. The summed E-state index contributed by atoms with van der Waals surface area (Å²) < 4.78 is 10.2. The zero-order chi connectivity index (χ0) is 17.2. The van der Waals surface area contributed by atoms with Gasteiger partial charge in [0.05, 0.1) is 0 Å². The van der Waals surface area contributed by atoms with Crippen LogP contribution < -0.4 is 15.4 Å². The molecule has 7 heteroatoms. The monoisotopic (exact) mass is 322 g/mol. The number of esters is 1. The van der Waals surface area contributed by atoms with Gasteiger partial charge in [0.2, 0.25) is 0 Å². The fourth-order valence-corrected chi connectivity index (χ4v) is 1.68. The molecule has 23 heavy (non-hydrogen) atoms. The second kappa shape index (κ2) is 9.45. The van der Waals surface area contributed by atoms with E-state index in [1.165, 1.54) is 7.05 Å². The number of rotatable bonds is 8. The third-order valence-electron chi connectivity index (χ3n) is 2.97. The van der Waals surface area contributed by atoms with E-state index in [-0.39, 0.29) is 19.1 Å². The van der Waals surface area contributed by atoms with Crippen LogP contribution in [-0.2, 0) is 19.1 Å². The summed E-state index contributed by atoms with van der Waals surface area (Å²) in [6.07, 6.45) is 0. The molecule has 0 bridgehead atoms. The van der Waals surface area contributed by atoms with Gasteiger partial charge in [0.1, 0.15) is 11.8 Å². The maximum atomic E-state index is 12.0. The van der Waals surface area contributed by atoms with Crippen molar-refractivity contribution in [3.8, 4) is 5.75 Å². The molecule has 2 N–H and O–H groups in total. The lowest BCUT2D eigenvalue weighted by atomic mass is 10.0. The molecule has 7 nitrogen and oxygen atoms in total. The largest absolute Gasteiger partial charge is 0.484 e. The average molecular weight is 322 g/mol. The molecule has 0 aliphatic carbocycles. The summed E-state index contributed by atoms with van der Waals surface area (Å²) in [6.45, 7) is 2.94. The zero-order valence-corrected chi connectivity index (χ0v) is 13.5. The Labute approximate surface area is 135 Å². The van der Waals surface area contributed by atoms with Gasteiger partial charge in [-0.15, -0.1) is 0 Å². The molecular weight excluding hydrogens is 300 g/mol. The molecule has 0 radical (unpaired) electrons. The highest BCUT2D eigenvalue weighted by molar-refractivity contribution is 5.87. The van der Waals surface area contributed by atoms with Crippen LogP contribution in [-0.4, -0.2) is 44.1 Å². The molecule has 0 aliphatic rings. The van der Waals surface area contributed by atoms with Crippen LogP contribution in [0.5, 0.6) is 5.75 Å². The number of para-hydroxylation sites is 1. The minimum absolute atomic E-state index is 0.187. The van der Waals surface area contributed by atoms with Crippen molar-refractivity contribution < 1.29 is 23.9 Å². The zero-order valence-electron chi connectivity index (χ0n) is 13.5. The van der Waals surface area contributed by atoms with Crippen LogP contribution in [0.3, 0.4) is 0 Å². The molecule has 0 aromatic heterocycles. The highest BCUT2D eigenvalue weighted by Crippen LogP contribution is 2.08.